The second kappa shape index (κ2) is 7.48. The summed E-state index contributed by atoms with van der Waals surface area (Å²) in [6, 6.07) is 4.18. The number of aliphatic hydroxyl groups is 1. The molecule has 1 atom stereocenters. The molecule has 21 heavy (non-hydrogen) atoms. The van der Waals surface area contributed by atoms with E-state index in [0.717, 1.165) is 35.0 Å². The first-order chi connectivity index (χ1) is 10.1. The van der Waals surface area contributed by atoms with Crippen molar-refractivity contribution in [1.29, 1.82) is 0 Å². The van der Waals surface area contributed by atoms with Crippen molar-refractivity contribution >= 4 is 11.6 Å². The predicted molar refractivity (Wildman–Crippen MR) is 87.3 cm³/mol. The maximum absolute atomic E-state index is 9.47. The fourth-order valence-electron chi connectivity index (χ4n) is 3.26. The zero-order valence-corrected chi connectivity index (χ0v) is 14.0. The number of aliphatic hydroxyl groups excluding tert-OH is 1. The van der Waals surface area contributed by atoms with Crippen LogP contribution in [-0.4, -0.2) is 36.8 Å². The number of methoxy groups -OCH3 is 1. The van der Waals surface area contributed by atoms with Gasteiger partial charge in [0.2, 0.25) is 0 Å². The molecular weight excluding hydrogens is 286 g/mol. The second-order valence-electron chi connectivity index (χ2n) is 6.04. The van der Waals surface area contributed by atoms with Crippen LogP contribution in [0.3, 0.4) is 0 Å². The molecule has 118 valence electrons. The van der Waals surface area contributed by atoms with Crippen LogP contribution in [0, 0.1) is 0 Å². The van der Waals surface area contributed by atoms with E-state index in [-0.39, 0.29) is 12.6 Å². The molecule has 0 bridgehead atoms. The first-order valence-corrected chi connectivity index (χ1v) is 8.18. The molecule has 0 amide bonds. The van der Waals surface area contributed by atoms with Gasteiger partial charge < -0.3 is 9.84 Å². The number of nitrogens with zero attached hydrogens (tertiary/aromatic N) is 1. The van der Waals surface area contributed by atoms with Crippen LogP contribution in [0.4, 0.5) is 0 Å². The Balaban J connectivity index is 2.47. The molecule has 1 aromatic rings. The Morgan fingerprint density at radius 2 is 1.86 bits per heavy atom. The molecular formula is C17H26ClNO2. The van der Waals surface area contributed by atoms with Crippen molar-refractivity contribution in [2.75, 3.05) is 26.8 Å². The van der Waals surface area contributed by atoms with Gasteiger partial charge >= 0.3 is 0 Å². The summed E-state index contributed by atoms with van der Waals surface area (Å²) in [6.45, 7) is 6.63. The third-order valence-corrected chi connectivity index (χ3v) is 4.50. The van der Waals surface area contributed by atoms with Crippen LogP contribution in [-0.2, 0) is 0 Å². The average Bonchev–Trinajstić information content (AvgIpc) is 2.97. The molecule has 1 fully saturated rings. The normalized spacial score (nSPS) is 17.4. The highest BCUT2D eigenvalue weighted by molar-refractivity contribution is 6.30. The first-order valence-electron chi connectivity index (χ1n) is 7.80. The van der Waals surface area contributed by atoms with Gasteiger partial charge in [-0.1, -0.05) is 25.4 Å². The number of hydrogen-bond donors (Lipinski definition) is 1. The molecule has 2 rings (SSSR count). The molecule has 1 aromatic carbocycles. The van der Waals surface area contributed by atoms with E-state index in [1.165, 1.54) is 12.8 Å². The molecule has 1 unspecified atom stereocenters. The number of likely N-dealkylation sites (tertiary alicyclic amines) is 1. The highest BCUT2D eigenvalue weighted by atomic mass is 35.5. The summed E-state index contributed by atoms with van der Waals surface area (Å²) in [5, 5.41) is 10.2. The highest BCUT2D eigenvalue weighted by Crippen LogP contribution is 2.40. The maximum Gasteiger partial charge on any atom is 0.127 e. The summed E-state index contributed by atoms with van der Waals surface area (Å²) in [7, 11) is 1.72. The molecule has 0 aliphatic carbocycles. The fourth-order valence-corrected chi connectivity index (χ4v) is 3.49. The van der Waals surface area contributed by atoms with Crippen molar-refractivity contribution in [3.05, 3.63) is 28.3 Å². The Morgan fingerprint density at radius 1 is 1.24 bits per heavy atom. The Kier molecular flexibility index (Phi) is 5.91. The lowest BCUT2D eigenvalue weighted by molar-refractivity contribution is 0.182. The molecule has 1 saturated heterocycles. The van der Waals surface area contributed by atoms with Gasteiger partial charge in [-0.3, -0.25) is 4.90 Å². The number of benzene rings is 1. The van der Waals surface area contributed by atoms with Crippen LogP contribution >= 0.6 is 11.6 Å². The zero-order valence-electron chi connectivity index (χ0n) is 13.2. The van der Waals surface area contributed by atoms with Crippen molar-refractivity contribution < 1.29 is 9.84 Å². The van der Waals surface area contributed by atoms with E-state index in [1.54, 1.807) is 7.11 Å². The molecule has 1 aliphatic heterocycles. The number of halogens is 1. The van der Waals surface area contributed by atoms with Crippen LogP contribution < -0.4 is 4.74 Å². The Morgan fingerprint density at radius 3 is 2.38 bits per heavy atom. The van der Waals surface area contributed by atoms with Crippen LogP contribution in [0.5, 0.6) is 5.75 Å². The van der Waals surface area contributed by atoms with Gasteiger partial charge in [0.25, 0.3) is 0 Å². The minimum absolute atomic E-state index is 0.174. The van der Waals surface area contributed by atoms with E-state index in [4.69, 9.17) is 16.3 Å². The van der Waals surface area contributed by atoms with Gasteiger partial charge in [0, 0.05) is 23.2 Å². The lowest BCUT2D eigenvalue weighted by atomic mass is 9.94. The van der Waals surface area contributed by atoms with Gasteiger partial charge in [-0.05, 0) is 56.0 Å². The van der Waals surface area contributed by atoms with Gasteiger partial charge in [0.1, 0.15) is 5.75 Å². The lowest BCUT2D eigenvalue weighted by Crippen LogP contribution is -2.27. The minimum atomic E-state index is 0.174. The topological polar surface area (TPSA) is 32.7 Å². The maximum atomic E-state index is 9.47. The lowest BCUT2D eigenvalue weighted by Gasteiger charge is -2.30. The molecule has 3 nitrogen and oxygen atoms in total. The Bertz CT molecular complexity index is 470. The molecule has 4 heteroatoms. The van der Waals surface area contributed by atoms with Crippen molar-refractivity contribution in [2.45, 2.75) is 45.1 Å². The zero-order chi connectivity index (χ0) is 15.4. The third-order valence-electron chi connectivity index (χ3n) is 4.28. The fraction of sp³-hybridized carbons (Fsp3) is 0.647. The van der Waals surface area contributed by atoms with Gasteiger partial charge in [-0.2, -0.15) is 0 Å². The van der Waals surface area contributed by atoms with Gasteiger partial charge in [0.15, 0.2) is 0 Å². The molecule has 0 aromatic heterocycles. The summed E-state index contributed by atoms with van der Waals surface area (Å²) in [4.78, 5) is 2.44. The predicted octanol–water partition coefficient (Wildman–Crippen LogP) is 3.99. The molecule has 0 spiro atoms. The van der Waals surface area contributed by atoms with Crippen molar-refractivity contribution in [1.82, 2.24) is 4.90 Å². The van der Waals surface area contributed by atoms with E-state index >= 15 is 0 Å². The van der Waals surface area contributed by atoms with E-state index < -0.39 is 0 Å². The van der Waals surface area contributed by atoms with E-state index in [9.17, 15) is 5.11 Å². The third kappa shape index (κ3) is 3.71. The summed E-state index contributed by atoms with van der Waals surface area (Å²) < 4.78 is 5.71. The van der Waals surface area contributed by atoms with Crippen molar-refractivity contribution in [2.24, 2.45) is 0 Å². The Hall–Kier alpha value is -0.770. The molecule has 1 heterocycles. The molecule has 1 N–H and O–H groups in total. The first kappa shape index (κ1) is 16.6. The largest absolute Gasteiger partial charge is 0.496 e. The monoisotopic (exact) mass is 311 g/mol. The number of hydrogen-bond acceptors (Lipinski definition) is 3. The highest BCUT2D eigenvalue weighted by Gasteiger charge is 2.27. The number of ether oxygens (including phenoxy) is 1. The van der Waals surface area contributed by atoms with E-state index in [1.807, 2.05) is 12.1 Å². The van der Waals surface area contributed by atoms with Gasteiger partial charge in [-0.25, -0.2) is 0 Å². The smallest absolute Gasteiger partial charge is 0.127 e. The van der Waals surface area contributed by atoms with E-state index in [0.29, 0.717) is 12.3 Å². The second-order valence-corrected chi connectivity index (χ2v) is 6.48. The number of rotatable bonds is 6. The summed E-state index contributed by atoms with van der Waals surface area (Å²) in [5.74, 6) is 1.28. The molecule has 0 radical (unpaired) electrons. The summed E-state index contributed by atoms with van der Waals surface area (Å²) >= 11 is 6.34. The van der Waals surface area contributed by atoms with Crippen molar-refractivity contribution in [3.63, 3.8) is 0 Å². The standard InChI is InChI=1S/C17H26ClNO2/c1-12(2)14-10-13(18)11-15(17(14)21-3)16(6-9-20)19-7-4-5-8-19/h10-12,16,20H,4-9H2,1-3H3. The van der Waals surface area contributed by atoms with Crippen LogP contribution in [0.1, 0.15) is 56.2 Å². The van der Waals surface area contributed by atoms with Gasteiger partial charge in [-0.15, -0.1) is 0 Å². The summed E-state index contributed by atoms with van der Waals surface area (Å²) in [5.41, 5.74) is 2.26. The van der Waals surface area contributed by atoms with Crippen LogP contribution in [0.2, 0.25) is 5.02 Å². The average molecular weight is 312 g/mol. The SMILES string of the molecule is COc1c(C(C)C)cc(Cl)cc1C(CCO)N1CCCC1. The minimum Gasteiger partial charge on any atom is -0.496 e. The summed E-state index contributed by atoms with van der Waals surface area (Å²) in [6.07, 6.45) is 3.16. The molecule has 1 aliphatic rings. The van der Waals surface area contributed by atoms with Gasteiger partial charge in [0.05, 0.1) is 7.11 Å². The molecule has 0 saturated carbocycles. The van der Waals surface area contributed by atoms with E-state index in [2.05, 4.69) is 18.7 Å². The van der Waals surface area contributed by atoms with Crippen molar-refractivity contribution in [3.8, 4) is 5.75 Å². The van der Waals surface area contributed by atoms with Crippen LogP contribution in [0.25, 0.3) is 0 Å². The Labute approximate surface area is 132 Å². The van der Waals surface area contributed by atoms with Crippen LogP contribution in [0.15, 0.2) is 12.1 Å². The quantitative estimate of drug-likeness (QED) is 0.862.